The van der Waals surface area contributed by atoms with Crippen LogP contribution in [-0.2, 0) is 17.6 Å². The Bertz CT molecular complexity index is 749. The highest BCUT2D eigenvalue weighted by Gasteiger charge is 2.04. The third kappa shape index (κ3) is 8.66. The zero-order valence-corrected chi connectivity index (χ0v) is 16.4. The van der Waals surface area contributed by atoms with Crippen LogP contribution in [0.4, 0.5) is 4.39 Å². The molecule has 0 spiro atoms. The van der Waals surface area contributed by atoms with Gasteiger partial charge in [-0.15, -0.1) is 0 Å². The number of carbonyl (C=O) groups is 1. The van der Waals surface area contributed by atoms with Gasteiger partial charge in [0.25, 0.3) is 0 Å². The molecule has 5 nitrogen and oxygen atoms in total. The second kappa shape index (κ2) is 12.5. The van der Waals surface area contributed by atoms with E-state index < -0.39 is 0 Å². The summed E-state index contributed by atoms with van der Waals surface area (Å²) in [7, 11) is 0. The number of hydrogen-bond acceptors (Lipinski definition) is 2. The molecule has 2 rings (SSSR count). The predicted octanol–water partition coefficient (Wildman–Crippen LogP) is 2.67. The summed E-state index contributed by atoms with van der Waals surface area (Å²) in [4.78, 5) is 16.5. The van der Waals surface area contributed by atoms with Crippen LogP contribution in [0.5, 0.6) is 0 Å². The van der Waals surface area contributed by atoms with E-state index in [2.05, 4.69) is 33.1 Å². The minimum atomic E-state index is -0.328. The van der Waals surface area contributed by atoms with E-state index >= 15 is 0 Å². The van der Waals surface area contributed by atoms with Gasteiger partial charge in [-0.1, -0.05) is 42.5 Å². The van der Waals surface area contributed by atoms with Gasteiger partial charge in [0.2, 0.25) is 5.91 Å². The SMILES string of the molecule is CCNC(=NCCCc1ccccc1)NCCNC(=O)Cc1cccc(F)c1. The summed E-state index contributed by atoms with van der Waals surface area (Å²) in [6.07, 6.45) is 2.15. The summed E-state index contributed by atoms with van der Waals surface area (Å²) in [5, 5.41) is 9.24. The number of benzene rings is 2. The Kier molecular flexibility index (Phi) is 9.55. The molecule has 0 aromatic heterocycles. The van der Waals surface area contributed by atoms with Crippen LogP contribution in [-0.4, -0.2) is 38.0 Å². The molecule has 0 unspecified atom stereocenters. The molecule has 0 saturated carbocycles. The van der Waals surface area contributed by atoms with Crippen molar-refractivity contribution in [2.45, 2.75) is 26.2 Å². The van der Waals surface area contributed by atoms with Crippen molar-refractivity contribution >= 4 is 11.9 Å². The van der Waals surface area contributed by atoms with Crippen LogP contribution < -0.4 is 16.0 Å². The molecule has 0 radical (unpaired) electrons. The molecule has 1 amide bonds. The van der Waals surface area contributed by atoms with Crippen molar-refractivity contribution in [3.63, 3.8) is 0 Å². The maximum Gasteiger partial charge on any atom is 0.224 e. The van der Waals surface area contributed by atoms with Crippen LogP contribution in [0.2, 0.25) is 0 Å². The predicted molar refractivity (Wildman–Crippen MR) is 112 cm³/mol. The first-order chi connectivity index (χ1) is 13.7. The smallest absolute Gasteiger partial charge is 0.224 e. The van der Waals surface area contributed by atoms with Crippen molar-refractivity contribution in [1.29, 1.82) is 0 Å². The average molecular weight is 384 g/mol. The largest absolute Gasteiger partial charge is 0.357 e. The lowest BCUT2D eigenvalue weighted by Crippen LogP contribution is -2.41. The molecule has 0 aliphatic carbocycles. The van der Waals surface area contributed by atoms with Gasteiger partial charge < -0.3 is 16.0 Å². The first-order valence-corrected chi connectivity index (χ1v) is 9.74. The molecule has 150 valence electrons. The second-order valence-corrected chi connectivity index (χ2v) is 6.43. The fraction of sp³-hybridized carbons (Fsp3) is 0.364. The fourth-order valence-corrected chi connectivity index (χ4v) is 2.74. The second-order valence-electron chi connectivity index (χ2n) is 6.43. The van der Waals surface area contributed by atoms with Gasteiger partial charge in [0.05, 0.1) is 6.42 Å². The van der Waals surface area contributed by atoms with Gasteiger partial charge >= 0.3 is 0 Å². The molecule has 3 N–H and O–H groups in total. The summed E-state index contributed by atoms with van der Waals surface area (Å²) in [6, 6.07) is 16.5. The average Bonchev–Trinajstić information content (AvgIpc) is 2.69. The third-order valence-electron chi connectivity index (χ3n) is 4.07. The van der Waals surface area contributed by atoms with E-state index in [0.717, 1.165) is 31.9 Å². The minimum absolute atomic E-state index is 0.128. The lowest BCUT2D eigenvalue weighted by molar-refractivity contribution is -0.120. The zero-order valence-electron chi connectivity index (χ0n) is 16.4. The summed E-state index contributed by atoms with van der Waals surface area (Å²) in [5.74, 6) is 0.290. The number of halogens is 1. The molecule has 0 saturated heterocycles. The molecule has 0 bridgehead atoms. The van der Waals surface area contributed by atoms with Crippen molar-refractivity contribution in [2.24, 2.45) is 4.99 Å². The Morgan fingerprint density at radius 1 is 0.964 bits per heavy atom. The maximum absolute atomic E-state index is 13.1. The normalized spacial score (nSPS) is 11.1. The molecule has 0 atom stereocenters. The van der Waals surface area contributed by atoms with Gasteiger partial charge in [-0.2, -0.15) is 0 Å². The van der Waals surface area contributed by atoms with Gasteiger partial charge in [0.1, 0.15) is 5.82 Å². The number of aryl methyl sites for hydroxylation is 1. The molecular weight excluding hydrogens is 355 g/mol. The van der Waals surface area contributed by atoms with Gasteiger partial charge in [0.15, 0.2) is 5.96 Å². The van der Waals surface area contributed by atoms with Gasteiger partial charge in [-0.25, -0.2) is 4.39 Å². The molecule has 0 aliphatic rings. The van der Waals surface area contributed by atoms with Crippen molar-refractivity contribution in [3.8, 4) is 0 Å². The zero-order chi connectivity index (χ0) is 20.0. The van der Waals surface area contributed by atoms with Crippen molar-refractivity contribution in [3.05, 3.63) is 71.5 Å². The van der Waals surface area contributed by atoms with Gasteiger partial charge in [-0.05, 0) is 43.0 Å². The standard InChI is InChI=1S/C22H29FN4O/c1-2-24-22(26-13-7-11-18-8-4-3-5-9-18)27-15-14-25-21(28)17-19-10-6-12-20(23)16-19/h3-6,8-10,12,16H,2,7,11,13-15,17H2,1H3,(H,25,28)(H2,24,26,27). The maximum atomic E-state index is 13.1. The topological polar surface area (TPSA) is 65.5 Å². The summed E-state index contributed by atoms with van der Waals surface area (Å²) >= 11 is 0. The summed E-state index contributed by atoms with van der Waals surface area (Å²) in [5.41, 5.74) is 1.98. The van der Waals surface area contributed by atoms with E-state index in [1.54, 1.807) is 12.1 Å². The summed E-state index contributed by atoms with van der Waals surface area (Å²) < 4.78 is 13.1. The van der Waals surface area contributed by atoms with Crippen molar-refractivity contribution in [2.75, 3.05) is 26.2 Å². The third-order valence-corrected chi connectivity index (χ3v) is 4.07. The van der Waals surface area contributed by atoms with Crippen LogP contribution in [0.25, 0.3) is 0 Å². The monoisotopic (exact) mass is 384 g/mol. The Morgan fingerprint density at radius 2 is 1.71 bits per heavy atom. The molecule has 0 heterocycles. The Labute approximate surface area is 166 Å². The molecule has 2 aromatic rings. The van der Waals surface area contributed by atoms with Crippen LogP contribution in [0.3, 0.4) is 0 Å². The van der Waals surface area contributed by atoms with E-state index in [0.29, 0.717) is 18.7 Å². The lowest BCUT2D eigenvalue weighted by Gasteiger charge is -2.12. The van der Waals surface area contributed by atoms with Crippen LogP contribution >= 0.6 is 0 Å². The minimum Gasteiger partial charge on any atom is -0.357 e. The molecule has 28 heavy (non-hydrogen) atoms. The molecule has 2 aromatic carbocycles. The van der Waals surface area contributed by atoms with Gasteiger partial charge in [-0.3, -0.25) is 9.79 Å². The highest BCUT2D eigenvalue weighted by Crippen LogP contribution is 2.04. The highest BCUT2D eigenvalue weighted by atomic mass is 19.1. The van der Waals surface area contributed by atoms with Crippen LogP contribution in [0.1, 0.15) is 24.5 Å². The first-order valence-electron chi connectivity index (χ1n) is 9.74. The number of carbonyl (C=O) groups excluding carboxylic acids is 1. The summed E-state index contributed by atoms with van der Waals surface area (Å²) in [6.45, 7) is 4.57. The molecule has 6 heteroatoms. The van der Waals surface area contributed by atoms with Crippen LogP contribution in [0.15, 0.2) is 59.6 Å². The quantitative estimate of drug-likeness (QED) is 0.335. The van der Waals surface area contributed by atoms with Crippen molar-refractivity contribution in [1.82, 2.24) is 16.0 Å². The lowest BCUT2D eigenvalue weighted by atomic mass is 10.1. The highest BCUT2D eigenvalue weighted by molar-refractivity contribution is 5.80. The number of rotatable bonds is 10. The number of nitrogens with one attached hydrogen (secondary N) is 3. The first kappa shape index (κ1) is 21.4. The van der Waals surface area contributed by atoms with E-state index in [9.17, 15) is 9.18 Å². The number of guanidine groups is 1. The van der Waals surface area contributed by atoms with E-state index in [1.807, 2.05) is 25.1 Å². The Balaban J connectivity index is 1.65. The number of amides is 1. The Hall–Kier alpha value is -2.89. The number of nitrogens with zero attached hydrogens (tertiary/aromatic N) is 1. The number of hydrogen-bond donors (Lipinski definition) is 3. The fourth-order valence-electron chi connectivity index (χ4n) is 2.74. The van der Waals surface area contributed by atoms with E-state index in [-0.39, 0.29) is 18.1 Å². The van der Waals surface area contributed by atoms with E-state index in [4.69, 9.17) is 0 Å². The van der Waals surface area contributed by atoms with Crippen LogP contribution in [0, 0.1) is 5.82 Å². The number of aliphatic imine (C=N–C) groups is 1. The van der Waals surface area contributed by atoms with Crippen molar-refractivity contribution < 1.29 is 9.18 Å². The molecule has 0 fully saturated rings. The van der Waals surface area contributed by atoms with Gasteiger partial charge in [0, 0.05) is 26.2 Å². The molecular formula is C22H29FN4O. The Morgan fingerprint density at radius 3 is 2.46 bits per heavy atom. The molecule has 0 aliphatic heterocycles. The van der Waals surface area contributed by atoms with E-state index in [1.165, 1.54) is 17.7 Å².